The van der Waals surface area contributed by atoms with E-state index in [-0.39, 0.29) is 29.2 Å². The largest absolute Gasteiger partial charge is 2.00 e. The quantitative estimate of drug-likeness (QED) is 0.655. The van der Waals surface area contributed by atoms with E-state index in [0.717, 1.165) is 11.8 Å². The van der Waals surface area contributed by atoms with E-state index in [1.165, 1.54) is 0 Å². The summed E-state index contributed by atoms with van der Waals surface area (Å²) >= 11 is 0. The summed E-state index contributed by atoms with van der Waals surface area (Å²) in [5, 5.41) is 19.5. The Hall–Kier alpha value is -0.621. The van der Waals surface area contributed by atoms with Gasteiger partial charge in [-0.25, -0.2) is 9.98 Å². The van der Waals surface area contributed by atoms with Crippen molar-refractivity contribution in [2.24, 2.45) is 9.98 Å². The van der Waals surface area contributed by atoms with Crippen molar-refractivity contribution in [1.29, 1.82) is 0 Å². The van der Waals surface area contributed by atoms with E-state index in [1.54, 1.807) is 27.7 Å². The molecule has 2 aliphatic heterocycles. The molecule has 6 nitrogen and oxygen atoms in total. The summed E-state index contributed by atoms with van der Waals surface area (Å²) in [6.07, 6.45) is 15.6. The monoisotopic (exact) mass is 440 g/mol. The van der Waals surface area contributed by atoms with Crippen LogP contribution in [0.4, 0.5) is 0 Å². The Balaban J connectivity index is 0.000000200. The SMILES string of the molecule is CC(C)(O)[C@@H]1COC([C]2[CH][CH][CH][CH]2)=N1.CC(C)(O)[C@@H]1COC([C]2[CH][CH][CH][CH]2)=N1.[Fe+2]. The van der Waals surface area contributed by atoms with Crippen LogP contribution in [0.25, 0.3) is 0 Å². The molecule has 29 heavy (non-hydrogen) atoms. The molecular formula is C22H28FeN2O4+2. The molecule has 0 aromatic heterocycles. The fraction of sp³-hybridized carbons (Fsp3) is 0.455. The zero-order valence-corrected chi connectivity index (χ0v) is 18.3. The number of hydrogen-bond donors (Lipinski definition) is 2. The summed E-state index contributed by atoms with van der Waals surface area (Å²) in [6, 6.07) is -0.320. The fourth-order valence-corrected chi connectivity index (χ4v) is 2.82. The number of aliphatic hydroxyl groups is 2. The predicted molar refractivity (Wildman–Crippen MR) is 108 cm³/mol. The van der Waals surface area contributed by atoms with E-state index < -0.39 is 11.2 Å². The fourth-order valence-electron chi connectivity index (χ4n) is 2.82. The maximum absolute atomic E-state index is 9.75. The minimum absolute atomic E-state index is 0. The molecule has 0 saturated heterocycles. The normalized spacial score (nSPS) is 28.1. The van der Waals surface area contributed by atoms with Crippen molar-refractivity contribution in [2.75, 3.05) is 13.2 Å². The van der Waals surface area contributed by atoms with Gasteiger partial charge in [0.2, 0.25) is 0 Å². The number of rotatable bonds is 4. The molecule has 0 spiro atoms. The maximum atomic E-state index is 9.75. The summed E-state index contributed by atoms with van der Waals surface area (Å²) in [6.45, 7) is 7.92. The Morgan fingerprint density at radius 2 is 1.03 bits per heavy atom. The van der Waals surface area contributed by atoms with Crippen LogP contribution in [0.2, 0.25) is 0 Å². The van der Waals surface area contributed by atoms with Crippen LogP contribution in [-0.4, -0.2) is 58.5 Å². The Morgan fingerprint density at radius 1 is 0.724 bits per heavy atom. The van der Waals surface area contributed by atoms with Gasteiger partial charge in [0.15, 0.2) is 11.8 Å². The number of hydrogen-bond acceptors (Lipinski definition) is 6. The smallest absolute Gasteiger partial charge is 0.478 e. The molecule has 2 N–H and O–H groups in total. The van der Waals surface area contributed by atoms with Crippen molar-refractivity contribution in [3.05, 3.63) is 63.2 Å². The van der Waals surface area contributed by atoms with Gasteiger partial charge >= 0.3 is 17.1 Å². The third-order valence-electron chi connectivity index (χ3n) is 4.75. The van der Waals surface area contributed by atoms with E-state index in [2.05, 4.69) is 9.98 Å². The van der Waals surface area contributed by atoms with Gasteiger partial charge in [-0.1, -0.05) is 0 Å². The first-order chi connectivity index (χ1) is 13.1. The van der Waals surface area contributed by atoms with Gasteiger partial charge in [-0.3, -0.25) is 0 Å². The first-order valence-corrected chi connectivity index (χ1v) is 9.44. The number of aliphatic imine (C=N–C) groups is 2. The van der Waals surface area contributed by atoms with Crippen LogP contribution in [0.15, 0.2) is 9.98 Å². The molecule has 2 atom stereocenters. The minimum atomic E-state index is -0.811. The standard InChI is InChI=1S/2C11H14NO2.Fe/c2*1-11(2,13)9-7-14-10(12-9)8-5-3-4-6-8;/h2*3-6,9,13H,7H2,1-2H3;/q;;+2/t2*9-;/m00./s1. The Kier molecular flexibility index (Phi) is 8.61. The molecular weight excluding hydrogens is 412 g/mol. The summed E-state index contributed by atoms with van der Waals surface area (Å²) in [4.78, 5) is 8.69. The molecule has 4 aliphatic rings. The molecule has 7 heteroatoms. The molecule has 4 rings (SSSR count). The average molecular weight is 440 g/mol. The van der Waals surface area contributed by atoms with E-state index in [9.17, 15) is 10.2 Å². The van der Waals surface area contributed by atoms with Gasteiger partial charge in [-0.2, -0.15) is 0 Å². The summed E-state index contributed by atoms with van der Waals surface area (Å²) in [5.74, 6) is 3.25. The van der Waals surface area contributed by atoms with Crippen molar-refractivity contribution < 1.29 is 36.8 Å². The molecule has 2 heterocycles. The summed E-state index contributed by atoms with van der Waals surface area (Å²) in [7, 11) is 0. The third kappa shape index (κ3) is 6.68. The third-order valence-corrected chi connectivity index (χ3v) is 4.75. The number of nitrogens with zero attached hydrogens (tertiary/aromatic N) is 2. The van der Waals surface area contributed by atoms with Crippen molar-refractivity contribution in [3.8, 4) is 0 Å². The van der Waals surface area contributed by atoms with Crippen molar-refractivity contribution in [1.82, 2.24) is 0 Å². The maximum Gasteiger partial charge on any atom is 2.00 e. The van der Waals surface area contributed by atoms with E-state index in [1.807, 2.05) is 51.4 Å². The van der Waals surface area contributed by atoms with Gasteiger partial charge in [0, 0.05) is 0 Å². The molecule has 0 aromatic carbocycles. The van der Waals surface area contributed by atoms with E-state index >= 15 is 0 Å². The van der Waals surface area contributed by atoms with Crippen LogP contribution in [0.3, 0.4) is 0 Å². The zero-order valence-electron chi connectivity index (χ0n) is 17.1. The molecule has 0 aromatic rings. The Labute approximate surface area is 186 Å². The van der Waals surface area contributed by atoms with Gasteiger partial charge in [-0.05, 0) is 79.1 Å². The zero-order chi connectivity index (χ0) is 20.4. The molecule has 0 unspecified atom stereocenters. The average Bonchev–Trinajstić information content (AvgIpc) is 3.43. The summed E-state index contributed by atoms with van der Waals surface area (Å²) in [5.41, 5.74) is -1.62. The Bertz CT molecular complexity index is 531. The first kappa shape index (κ1) is 24.6. The second-order valence-corrected chi connectivity index (χ2v) is 8.18. The Morgan fingerprint density at radius 3 is 1.28 bits per heavy atom. The molecule has 10 radical (unpaired) electrons. The molecule has 0 bridgehead atoms. The second-order valence-electron chi connectivity index (χ2n) is 8.18. The van der Waals surface area contributed by atoms with Crippen molar-refractivity contribution in [2.45, 2.75) is 51.0 Å². The predicted octanol–water partition coefficient (Wildman–Crippen LogP) is 1.92. The van der Waals surface area contributed by atoms with Gasteiger partial charge in [0.1, 0.15) is 25.3 Å². The topological polar surface area (TPSA) is 83.6 Å². The van der Waals surface area contributed by atoms with Crippen LogP contribution >= 0.6 is 0 Å². The van der Waals surface area contributed by atoms with Crippen molar-refractivity contribution in [3.63, 3.8) is 0 Å². The van der Waals surface area contributed by atoms with E-state index in [0.29, 0.717) is 25.0 Å². The number of ether oxygens (including phenoxy) is 2. The first-order valence-electron chi connectivity index (χ1n) is 9.44. The van der Waals surface area contributed by atoms with Gasteiger partial charge in [0.05, 0.1) is 23.0 Å². The van der Waals surface area contributed by atoms with Crippen LogP contribution in [0, 0.1) is 63.2 Å². The van der Waals surface area contributed by atoms with Crippen molar-refractivity contribution >= 4 is 11.8 Å². The van der Waals surface area contributed by atoms with Gasteiger partial charge in [0.25, 0.3) is 0 Å². The van der Waals surface area contributed by atoms with Crippen LogP contribution in [0.1, 0.15) is 27.7 Å². The summed E-state index contributed by atoms with van der Waals surface area (Å²) < 4.78 is 10.9. The van der Waals surface area contributed by atoms with Crippen LogP contribution < -0.4 is 0 Å². The van der Waals surface area contributed by atoms with Crippen LogP contribution in [-0.2, 0) is 26.5 Å². The van der Waals surface area contributed by atoms with Gasteiger partial charge < -0.3 is 19.7 Å². The van der Waals surface area contributed by atoms with Gasteiger partial charge in [-0.15, -0.1) is 0 Å². The van der Waals surface area contributed by atoms with Crippen LogP contribution in [0.5, 0.6) is 0 Å². The van der Waals surface area contributed by atoms with E-state index in [4.69, 9.17) is 9.47 Å². The minimum Gasteiger partial charge on any atom is -0.478 e. The second kappa shape index (κ2) is 10.1. The molecule has 156 valence electrons. The molecule has 2 aliphatic carbocycles. The molecule has 2 saturated carbocycles. The molecule has 2 fully saturated rings. The molecule has 0 amide bonds.